The van der Waals surface area contributed by atoms with Crippen LogP contribution in [0.5, 0.6) is 0 Å². The van der Waals surface area contributed by atoms with Crippen molar-refractivity contribution in [3.8, 4) is 0 Å². The van der Waals surface area contributed by atoms with Crippen molar-refractivity contribution in [1.82, 2.24) is 15.5 Å². The zero-order valence-electron chi connectivity index (χ0n) is 10.2. The SMILES string of the molecule is Cl.O=C(CC1CC2CCC(C1)N2)Nc1cn[nH]c1. The van der Waals surface area contributed by atoms with Gasteiger partial charge in [-0.25, -0.2) is 0 Å². The number of nitrogens with zero attached hydrogens (tertiary/aromatic N) is 1. The van der Waals surface area contributed by atoms with Gasteiger partial charge in [0.2, 0.25) is 5.91 Å². The second-order valence-corrected chi connectivity index (χ2v) is 5.21. The molecule has 2 atom stereocenters. The second-order valence-electron chi connectivity index (χ2n) is 5.21. The zero-order valence-corrected chi connectivity index (χ0v) is 11.0. The van der Waals surface area contributed by atoms with Crippen LogP contribution in [0, 0.1) is 5.92 Å². The molecule has 2 saturated heterocycles. The van der Waals surface area contributed by atoms with E-state index in [1.165, 1.54) is 12.8 Å². The molecule has 2 fully saturated rings. The molecular formula is C12H19ClN4O. The van der Waals surface area contributed by atoms with E-state index in [-0.39, 0.29) is 18.3 Å². The first-order valence-electron chi connectivity index (χ1n) is 6.34. The highest BCUT2D eigenvalue weighted by molar-refractivity contribution is 5.90. The van der Waals surface area contributed by atoms with Crippen LogP contribution in [0.4, 0.5) is 5.69 Å². The molecule has 0 spiro atoms. The van der Waals surface area contributed by atoms with E-state index in [1.807, 2.05) is 0 Å². The normalized spacial score (nSPS) is 29.7. The van der Waals surface area contributed by atoms with E-state index in [1.54, 1.807) is 12.4 Å². The molecule has 0 radical (unpaired) electrons. The van der Waals surface area contributed by atoms with E-state index in [0.29, 0.717) is 24.4 Å². The summed E-state index contributed by atoms with van der Waals surface area (Å²) in [4.78, 5) is 11.8. The van der Waals surface area contributed by atoms with E-state index in [9.17, 15) is 4.79 Å². The van der Waals surface area contributed by atoms with Crippen LogP contribution < -0.4 is 10.6 Å². The fraction of sp³-hybridized carbons (Fsp3) is 0.667. The monoisotopic (exact) mass is 270 g/mol. The number of halogens is 1. The number of amides is 1. The molecule has 3 rings (SSSR count). The number of hydrogen-bond donors (Lipinski definition) is 3. The van der Waals surface area contributed by atoms with Crippen molar-refractivity contribution in [2.45, 2.75) is 44.2 Å². The molecule has 5 nitrogen and oxygen atoms in total. The maximum atomic E-state index is 11.8. The van der Waals surface area contributed by atoms with Gasteiger partial charge in [-0.3, -0.25) is 9.89 Å². The molecule has 3 heterocycles. The molecule has 0 aromatic carbocycles. The molecule has 2 bridgehead atoms. The zero-order chi connectivity index (χ0) is 11.7. The third kappa shape index (κ3) is 3.03. The largest absolute Gasteiger partial charge is 0.323 e. The van der Waals surface area contributed by atoms with Crippen LogP contribution in [0.15, 0.2) is 12.4 Å². The molecule has 1 aromatic heterocycles. The number of anilines is 1. The van der Waals surface area contributed by atoms with Gasteiger partial charge in [-0.05, 0) is 31.6 Å². The van der Waals surface area contributed by atoms with Gasteiger partial charge in [0.25, 0.3) is 0 Å². The fourth-order valence-corrected chi connectivity index (χ4v) is 3.14. The van der Waals surface area contributed by atoms with Gasteiger partial charge in [0.1, 0.15) is 0 Å². The lowest BCUT2D eigenvalue weighted by Gasteiger charge is -2.28. The minimum absolute atomic E-state index is 0. The van der Waals surface area contributed by atoms with Crippen LogP contribution in [0.2, 0.25) is 0 Å². The Morgan fingerprint density at radius 1 is 1.39 bits per heavy atom. The van der Waals surface area contributed by atoms with E-state index in [4.69, 9.17) is 0 Å². The number of rotatable bonds is 3. The van der Waals surface area contributed by atoms with E-state index in [0.717, 1.165) is 18.5 Å². The van der Waals surface area contributed by atoms with Crippen molar-refractivity contribution < 1.29 is 4.79 Å². The first-order valence-corrected chi connectivity index (χ1v) is 6.34. The lowest BCUT2D eigenvalue weighted by Crippen LogP contribution is -2.39. The Morgan fingerprint density at radius 3 is 2.72 bits per heavy atom. The van der Waals surface area contributed by atoms with Gasteiger partial charge in [-0.1, -0.05) is 0 Å². The van der Waals surface area contributed by atoms with Crippen molar-refractivity contribution in [2.24, 2.45) is 5.92 Å². The van der Waals surface area contributed by atoms with Crippen LogP contribution in [0.3, 0.4) is 0 Å². The van der Waals surface area contributed by atoms with Gasteiger partial charge in [0.15, 0.2) is 0 Å². The molecule has 6 heteroatoms. The van der Waals surface area contributed by atoms with Crippen LogP contribution in [-0.2, 0) is 4.79 Å². The van der Waals surface area contributed by atoms with Crippen molar-refractivity contribution in [2.75, 3.05) is 5.32 Å². The number of hydrogen-bond acceptors (Lipinski definition) is 3. The van der Waals surface area contributed by atoms with E-state index < -0.39 is 0 Å². The van der Waals surface area contributed by atoms with Gasteiger partial charge in [-0.2, -0.15) is 5.10 Å². The Kier molecular flexibility index (Phi) is 4.24. The number of H-pyrrole nitrogens is 1. The number of carbonyl (C=O) groups is 1. The first-order chi connectivity index (χ1) is 8.29. The van der Waals surface area contributed by atoms with Gasteiger partial charge >= 0.3 is 0 Å². The topological polar surface area (TPSA) is 69.8 Å². The van der Waals surface area contributed by atoms with Crippen LogP contribution >= 0.6 is 12.4 Å². The summed E-state index contributed by atoms with van der Waals surface area (Å²) in [7, 11) is 0. The first kappa shape index (κ1) is 13.4. The number of piperidine rings is 1. The van der Waals surface area contributed by atoms with Gasteiger partial charge in [-0.15, -0.1) is 12.4 Å². The van der Waals surface area contributed by atoms with Gasteiger partial charge in [0.05, 0.1) is 11.9 Å². The van der Waals surface area contributed by atoms with Crippen LogP contribution in [-0.4, -0.2) is 28.2 Å². The highest BCUT2D eigenvalue weighted by Crippen LogP contribution is 2.32. The Hall–Kier alpha value is -1.07. The number of aromatic amines is 1. The second kappa shape index (κ2) is 5.71. The molecule has 2 aliphatic rings. The summed E-state index contributed by atoms with van der Waals surface area (Å²) < 4.78 is 0. The lowest BCUT2D eigenvalue weighted by molar-refractivity contribution is -0.117. The molecular weight excluding hydrogens is 252 g/mol. The molecule has 18 heavy (non-hydrogen) atoms. The van der Waals surface area contributed by atoms with Crippen LogP contribution in [0.25, 0.3) is 0 Å². The minimum atomic E-state index is 0. The van der Waals surface area contributed by atoms with Crippen LogP contribution in [0.1, 0.15) is 32.1 Å². The van der Waals surface area contributed by atoms with Crippen molar-refractivity contribution in [3.05, 3.63) is 12.4 Å². The summed E-state index contributed by atoms with van der Waals surface area (Å²) in [6.45, 7) is 0. The molecule has 2 unspecified atom stereocenters. The molecule has 100 valence electrons. The summed E-state index contributed by atoms with van der Waals surface area (Å²) in [5, 5.41) is 13.0. The molecule has 1 amide bonds. The highest BCUT2D eigenvalue weighted by Gasteiger charge is 2.34. The Morgan fingerprint density at radius 2 is 2.11 bits per heavy atom. The van der Waals surface area contributed by atoms with Crippen molar-refractivity contribution in [3.63, 3.8) is 0 Å². The summed E-state index contributed by atoms with van der Waals surface area (Å²) >= 11 is 0. The third-order valence-electron chi connectivity index (χ3n) is 3.83. The Bertz CT molecular complexity index is 383. The smallest absolute Gasteiger partial charge is 0.224 e. The highest BCUT2D eigenvalue weighted by atomic mass is 35.5. The van der Waals surface area contributed by atoms with E-state index in [2.05, 4.69) is 20.8 Å². The number of carbonyl (C=O) groups excluding carboxylic acids is 1. The average molecular weight is 271 g/mol. The number of nitrogens with one attached hydrogen (secondary N) is 3. The predicted molar refractivity (Wildman–Crippen MR) is 71.8 cm³/mol. The quantitative estimate of drug-likeness (QED) is 0.783. The Balaban J connectivity index is 0.00000120. The molecule has 1 aromatic rings. The minimum Gasteiger partial charge on any atom is -0.323 e. The average Bonchev–Trinajstić information content (AvgIpc) is 2.89. The van der Waals surface area contributed by atoms with Gasteiger partial charge < -0.3 is 10.6 Å². The molecule has 3 N–H and O–H groups in total. The Labute approximate surface area is 113 Å². The molecule has 0 aliphatic carbocycles. The maximum Gasteiger partial charge on any atom is 0.224 e. The standard InChI is InChI=1S/C12H18N4O.ClH/c17-12(16-11-6-13-14-7-11)5-8-3-9-1-2-10(4-8)15-9;/h6-10,15H,1-5H2,(H,13,14)(H,16,17);1H. The predicted octanol–water partition coefficient (Wildman–Crippen LogP) is 1.69. The van der Waals surface area contributed by atoms with E-state index >= 15 is 0 Å². The van der Waals surface area contributed by atoms with Crippen molar-refractivity contribution >= 4 is 24.0 Å². The summed E-state index contributed by atoms with van der Waals surface area (Å²) in [5.41, 5.74) is 0.756. The summed E-state index contributed by atoms with van der Waals surface area (Å²) in [6.07, 6.45) is 8.83. The fourth-order valence-electron chi connectivity index (χ4n) is 3.14. The van der Waals surface area contributed by atoms with Gasteiger partial charge in [0, 0.05) is 24.7 Å². The molecule has 0 saturated carbocycles. The summed E-state index contributed by atoms with van der Waals surface area (Å²) in [6, 6.07) is 1.31. The summed E-state index contributed by atoms with van der Waals surface area (Å²) in [5.74, 6) is 0.651. The van der Waals surface area contributed by atoms with Crippen molar-refractivity contribution in [1.29, 1.82) is 0 Å². The number of fused-ring (bicyclic) bond motifs is 2. The maximum absolute atomic E-state index is 11.8. The third-order valence-corrected chi connectivity index (χ3v) is 3.83. The number of aromatic nitrogens is 2. The lowest BCUT2D eigenvalue weighted by atomic mass is 9.89. The molecule has 2 aliphatic heterocycles.